The summed E-state index contributed by atoms with van der Waals surface area (Å²) in [5.41, 5.74) is 3.71. The van der Waals surface area contributed by atoms with Gasteiger partial charge in [0.2, 0.25) is 0 Å². The van der Waals surface area contributed by atoms with Crippen molar-refractivity contribution in [3.8, 4) is 17.6 Å². The lowest BCUT2D eigenvalue weighted by Crippen LogP contribution is -2.16. The molecule has 0 fully saturated rings. The number of fused-ring (bicyclic) bond motifs is 1. The number of methoxy groups -OCH3 is 1. The molecule has 136 valence electrons. The van der Waals surface area contributed by atoms with Crippen molar-refractivity contribution in [2.75, 3.05) is 13.7 Å². The molecule has 0 saturated carbocycles. The van der Waals surface area contributed by atoms with E-state index in [0.717, 1.165) is 5.39 Å². The molecule has 27 heavy (non-hydrogen) atoms. The van der Waals surface area contributed by atoms with E-state index in [9.17, 15) is 4.79 Å². The second-order valence-corrected chi connectivity index (χ2v) is 6.17. The lowest BCUT2D eigenvalue weighted by atomic mass is 10.2. The van der Waals surface area contributed by atoms with Crippen molar-refractivity contribution in [1.29, 1.82) is 5.26 Å². The van der Waals surface area contributed by atoms with Crippen LogP contribution in [0.15, 0.2) is 56.5 Å². The van der Waals surface area contributed by atoms with Gasteiger partial charge in [0.15, 0.2) is 23.9 Å². The van der Waals surface area contributed by atoms with Gasteiger partial charge in [0.05, 0.1) is 13.3 Å². The summed E-state index contributed by atoms with van der Waals surface area (Å²) in [6, 6.07) is 14.2. The average Bonchev–Trinajstić information content (AvgIpc) is 3.12. The lowest BCUT2D eigenvalue weighted by molar-refractivity contribution is 0.0929. The molecule has 0 spiro atoms. The minimum absolute atomic E-state index is 0.0935. The number of benzene rings is 2. The number of rotatable bonds is 6. The van der Waals surface area contributed by atoms with E-state index in [2.05, 4.69) is 26.5 Å². The predicted octanol–water partition coefficient (Wildman–Crippen LogP) is 3.87. The molecule has 1 amide bonds. The maximum atomic E-state index is 12.2. The number of carbonyl (C=O) groups excluding carboxylic acids is 1. The standard InChI is InChI=1S/C19H14BrN3O4/c1-25-16-9-13(14(20)10-17(16)26-7-6-21)11-22-23-19(24)18-8-12-4-2-3-5-15(12)27-18/h2-5,8-11H,7H2,1H3,(H,23,24)/b22-11+. The Hall–Kier alpha value is -3.31. The van der Waals surface area contributed by atoms with Gasteiger partial charge in [-0.15, -0.1) is 0 Å². The number of hydrazone groups is 1. The van der Waals surface area contributed by atoms with Crippen molar-refractivity contribution in [2.24, 2.45) is 5.10 Å². The highest BCUT2D eigenvalue weighted by Gasteiger charge is 2.12. The quantitative estimate of drug-likeness (QED) is 0.475. The molecule has 8 heteroatoms. The van der Waals surface area contributed by atoms with Crippen molar-refractivity contribution in [3.63, 3.8) is 0 Å². The molecular weight excluding hydrogens is 414 g/mol. The number of nitriles is 1. The highest BCUT2D eigenvalue weighted by Crippen LogP contribution is 2.32. The van der Waals surface area contributed by atoms with Gasteiger partial charge in [-0.3, -0.25) is 4.79 Å². The molecular formula is C19H14BrN3O4. The first-order valence-corrected chi connectivity index (χ1v) is 8.61. The molecule has 2 aromatic carbocycles. The number of ether oxygens (including phenoxy) is 2. The van der Waals surface area contributed by atoms with Crippen LogP contribution < -0.4 is 14.9 Å². The number of amides is 1. The van der Waals surface area contributed by atoms with E-state index in [4.69, 9.17) is 19.2 Å². The first-order valence-electron chi connectivity index (χ1n) is 7.81. The summed E-state index contributed by atoms with van der Waals surface area (Å²) in [5, 5.41) is 13.4. The minimum Gasteiger partial charge on any atom is -0.493 e. The average molecular weight is 428 g/mol. The number of hydrogen-bond acceptors (Lipinski definition) is 6. The van der Waals surface area contributed by atoms with Crippen molar-refractivity contribution in [2.45, 2.75) is 0 Å². The van der Waals surface area contributed by atoms with Gasteiger partial charge < -0.3 is 13.9 Å². The molecule has 1 aromatic heterocycles. The summed E-state index contributed by atoms with van der Waals surface area (Å²) >= 11 is 3.40. The Morgan fingerprint density at radius 2 is 2.15 bits per heavy atom. The molecule has 0 unspecified atom stereocenters. The number of halogens is 1. The van der Waals surface area contributed by atoms with Crippen molar-refractivity contribution >= 4 is 39.0 Å². The predicted molar refractivity (Wildman–Crippen MR) is 103 cm³/mol. The van der Waals surface area contributed by atoms with E-state index < -0.39 is 5.91 Å². The molecule has 7 nitrogen and oxygen atoms in total. The number of para-hydroxylation sites is 1. The van der Waals surface area contributed by atoms with E-state index in [-0.39, 0.29) is 12.4 Å². The third-order valence-corrected chi connectivity index (χ3v) is 4.28. The SMILES string of the molecule is COc1cc(/C=N/NC(=O)c2cc3ccccc3o2)c(Br)cc1OCC#N. The zero-order valence-electron chi connectivity index (χ0n) is 14.2. The molecule has 0 aliphatic rings. The van der Waals surface area contributed by atoms with Crippen LogP contribution in [0.25, 0.3) is 11.0 Å². The first-order chi connectivity index (χ1) is 13.1. The highest BCUT2D eigenvalue weighted by molar-refractivity contribution is 9.10. The van der Waals surface area contributed by atoms with Gasteiger partial charge >= 0.3 is 5.91 Å². The smallest absolute Gasteiger partial charge is 0.307 e. The molecule has 0 radical (unpaired) electrons. The lowest BCUT2D eigenvalue weighted by Gasteiger charge is -2.10. The van der Waals surface area contributed by atoms with Gasteiger partial charge in [0.1, 0.15) is 11.7 Å². The van der Waals surface area contributed by atoms with Crippen LogP contribution >= 0.6 is 15.9 Å². The van der Waals surface area contributed by atoms with Crippen LogP contribution in [0.5, 0.6) is 11.5 Å². The maximum absolute atomic E-state index is 12.2. The number of furan rings is 1. The van der Waals surface area contributed by atoms with Crippen LogP contribution in [0.2, 0.25) is 0 Å². The summed E-state index contributed by atoms with van der Waals surface area (Å²) in [6.07, 6.45) is 1.46. The van der Waals surface area contributed by atoms with Crippen LogP contribution in [0, 0.1) is 11.3 Å². The Labute approximate surface area is 163 Å². The highest BCUT2D eigenvalue weighted by atomic mass is 79.9. The van der Waals surface area contributed by atoms with Gasteiger partial charge in [-0.1, -0.05) is 18.2 Å². The number of nitrogens with zero attached hydrogens (tertiary/aromatic N) is 2. The Morgan fingerprint density at radius 3 is 2.89 bits per heavy atom. The Kier molecular flexibility index (Phi) is 5.74. The Morgan fingerprint density at radius 1 is 1.33 bits per heavy atom. The maximum Gasteiger partial charge on any atom is 0.307 e. The fraction of sp³-hybridized carbons (Fsp3) is 0.105. The molecule has 1 N–H and O–H groups in total. The number of carbonyl (C=O) groups is 1. The van der Waals surface area contributed by atoms with E-state index in [0.29, 0.717) is 27.1 Å². The van der Waals surface area contributed by atoms with Gasteiger partial charge in [-0.25, -0.2) is 5.43 Å². The van der Waals surface area contributed by atoms with E-state index in [1.165, 1.54) is 13.3 Å². The van der Waals surface area contributed by atoms with Crippen molar-refractivity contribution in [3.05, 3.63) is 58.3 Å². The largest absolute Gasteiger partial charge is 0.493 e. The topological polar surface area (TPSA) is 96.8 Å². The molecule has 1 heterocycles. The fourth-order valence-electron chi connectivity index (χ4n) is 2.34. The molecule has 3 aromatic rings. The van der Waals surface area contributed by atoms with E-state index in [1.54, 1.807) is 24.3 Å². The summed E-state index contributed by atoms with van der Waals surface area (Å²) in [5.74, 6) is 0.581. The van der Waals surface area contributed by atoms with Gasteiger partial charge in [-0.05, 0) is 40.2 Å². The number of hydrogen-bond donors (Lipinski definition) is 1. The van der Waals surface area contributed by atoms with Crippen LogP contribution in [0.1, 0.15) is 16.1 Å². The minimum atomic E-state index is -0.459. The molecule has 3 rings (SSSR count). The van der Waals surface area contributed by atoms with Crippen LogP contribution in [0.4, 0.5) is 0 Å². The summed E-state index contributed by atoms with van der Waals surface area (Å²) < 4.78 is 16.7. The molecule has 0 saturated heterocycles. The van der Waals surface area contributed by atoms with Crippen molar-refractivity contribution < 1.29 is 18.7 Å². The fourth-order valence-corrected chi connectivity index (χ4v) is 2.77. The monoisotopic (exact) mass is 427 g/mol. The normalized spacial score (nSPS) is 10.7. The number of nitrogens with one attached hydrogen (secondary N) is 1. The van der Waals surface area contributed by atoms with E-state index >= 15 is 0 Å². The van der Waals surface area contributed by atoms with Gasteiger partial charge in [0.25, 0.3) is 0 Å². The van der Waals surface area contributed by atoms with Gasteiger partial charge in [-0.2, -0.15) is 10.4 Å². The zero-order valence-corrected chi connectivity index (χ0v) is 15.8. The van der Waals surface area contributed by atoms with Gasteiger partial charge in [0, 0.05) is 15.4 Å². The zero-order chi connectivity index (χ0) is 19.2. The molecule has 0 aliphatic carbocycles. The summed E-state index contributed by atoms with van der Waals surface area (Å²) in [4.78, 5) is 12.2. The Bertz CT molecular complexity index is 1020. The third-order valence-electron chi connectivity index (χ3n) is 3.59. The Balaban J connectivity index is 1.73. The van der Waals surface area contributed by atoms with Crippen LogP contribution in [-0.2, 0) is 0 Å². The third kappa shape index (κ3) is 4.27. The summed E-state index contributed by atoms with van der Waals surface area (Å²) in [7, 11) is 1.49. The second-order valence-electron chi connectivity index (χ2n) is 5.32. The van der Waals surface area contributed by atoms with Crippen LogP contribution in [0.3, 0.4) is 0 Å². The molecule has 0 atom stereocenters. The van der Waals surface area contributed by atoms with Crippen LogP contribution in [-0.4, -0.2) is 25.8 Å². The first kappa shape index (κ1) is 18.5. The molecule has 0 bridgehead atoms. The second kappa shape index (κ2) is 8.38. The van der Waals surface area contributed by atoms with Crippen molar-refractivity contribution in [1.82, 2.24) is 5.43 Å². The molecule has 0 aliphatic heterocycles. The summed E-state index contributed by atoms with van der Waals surface area (Å²) in [6.45, 7) is -0.0935. The van der Waals surface area contributed by atoms with E-state index in [1.807, 2.05) is 24.3 Å².